The molecule has 1 N–H and O–H groups in total. The minimum atomic E-state index is -0.390. The second kappa shape index (κ2) is 3.34. The number of aryl methyl sites for hydroxylation is 1. The molecule has 0 radical (unpaired) electrons. The molecule has 2 rings (SSSR count). The number of hydrogen-bond donors (Lipinski definition) is 1. The molecule has 0 saturated heterocycles. The number of halogens is 2. The van der Waals surface area contributed by atoms with Gasteiger partial charge in [-0.2, -0.15) is 0 Å². The van der Waals surface area contributed by atoms with Gasteiger partial charge in [0, 0.05) is 11.1 Å². The maximum atomic E-state index is 13.3. The Labute approximate surface area is 93.3 Å². The molecule has 1 aromatic carbocycles. The van der Waals surface area contributed by atoms with Gasteiger partial charge in [0.15, 0.2) is 0 Å². The van der Waals surface area contributed by atoms with Gasteiger partial charge >= 0.3 is 0 Å². The van der Waals surface area contributed by atoms with E-state index < -0.39 is 0 Å². The SMILES string of the molecule is Cc1[nH]c2c(F)cccc2c(=O)c1I. The number of nitrogens with one attached hydrogen (secondary N) is 1. The Bertz CT molecular complexity index is 562. The molecule has 2 nitrogen and oxygen atoms in total. The first-order valence-electron chi connectivity index (χ1n) is 4.08. The average Bonchev–Trinajstić information content (AvgIpc) is 2.17. The lowest BCUT2D eigenvalue weighted by Crippen LogP contribution is -2.10. The molecule has 4 heteroatoms. The molecule has 0 saturated carbocycles. The molecule has 0 atom stereocenters. The second-order valence-electron chi connectivity index (χ2n) is 3.06. The zero-order valence-electron chi connectivity index (χ0n) is 7.40. The summed E-state index contributed by atoms with van der Waals surface area (Å²) in [5.41, 5.74) is 0.875. The number of benzene rings is 1. The van der Waals surface area contributed by atoms with E-state index in [9.17, 15) is 9.18 Å². The molecule has 1 aromatic heterocycles. The van der Waals surface area contributed by atoms with Crippen molar-refractivity contribution in [3.05, 3.63) is 43.5 Å². The van der Waals surface area contributed by atoms with Crippen molar-refractivity contribution >= 4 is 33.5 Å². The summed E-state index contributed by atoms with van der Waals surface area (Å²) in [5.74, 6) is -0.390. The first-order valence-corrected chi connectivity index (χ1v) is 5.15. The first kappa shape index (κ1) is 9.64. The van der Waals surface area contributed by atoms with Gasteiger partial charge in [-0.25, -0.2) is 4.39 Å². The van der Waals surface area contributed by atoms with Crippen LogP contribution in [-0.2, 0) is 0 Å². The molecule has 0 bridgehead atoms. The fourth-order valence-corrected chi connectivity index (χ4v) is 1.80. The summed E-state index contributed by atoms with van der Waals surface area (Å²) in [6.07, 6.45) is 0. The first-order chi connectivity index (χ1) is 6.61. The van der Waals surface area contributed by atoms with E-state index in [1.807, 2.05) is 22.6 Å². The number of pyridine rings is 1. The number of aromatic amines is 1. The van der Waals surface area contributed by atoms with Crippen LogP contribution in [-0.4, -0.2) is 4.98 Å². The summed E-state index contributed by atoms with van der Waals surface area (Å²) in [6, 6.07) is 4.50. The van der Waals surface area contributed by atoms with Gasteiger partial charge in [0.1, 0.15) is 5.82 Å². The maximum absolute atomic E-state index is 13.3. The maximum Gasteiger partial charge on any atom is 0.203 e. The number of fused-ring (bicyclic) bond motifs is 1. The third-order valence-electron chi connectivity index (χ3n) is 2.10. The third kappa shape index (κ3) is 1.33. The van der Waals surface area contributed by atoms with Crippen molar-refractivity contribution in [1.29, 1.82) is 0 Å². The van der Waals surface area contributed by atoms with E-state index in [-0.39, 0.29) is 16.8 Å². The summed E-state index contributed by atoms with van der Waals surface area (Å²) in [4.78, 5) is 14.6. The lowest BCUT2D eigenvalue weighted by Gasteiger charge is -2.03. The standard InChI is InChI=1S/C10H7FINO/c1-5-8(12)10(14)6-3-2-4-7(11)9(6)13-5/h2-4H,1H3,(H,13,14). The van der Waals surface area contributed by atoms with Gasteiger partial charge in [0.05, 0.1) is 9.09 Å². The highest BCUT2D eigenvalue weighted by Crippen LogP contribution is 2.15. The van der Waals surface area contributed by atoms with Gasteiger partial charge in [-0.1, -0.05) is 6.07 Å². The summed E-state index contributed by atoms with van der Waals surface area (Å²) in [5, 5.41) is 0.403. The van der Waals surface area contributed by atoms with Crippen LogP contribution in [0.15, 0.2) is 23.0 Å². The summed E-state index contributed by atoms with van der Waals surface area (Å²) >= 11 is 1.96. The Balaban J connectivity index is 3.06. The van der Waals surface area contributed by atoms with Gasteiger partial charge in [-0.3, -0.25) is 4.79 Å². The zero-order valence-corrected chi connectivity index (χ0v) is 9.55. The Kier molecular flexibility index (Phi) is 2.30. The number of H-pyrrole nitrogens is 1. The monoisotopic (exact) mass is 303 g/mol. The lowest BCUT2D eigenvalue weighted by atomic mass is 10.2. The van der Waals surface area contributed by atoms with E-state index in [2.05, 4.69) is 4.98 Å². The van der Waals surface area contributed by atoms with E-state index in [1.165, 1.54) is 6.07 Å². The summed E-state index contributed by atoms with van der Waals surface area (Å²) < 4.78 is 13.9. The van der Waals surface area contributed by atoms with E-state index in [1.54, 1.807) is 19.1 Å². The average molecular weight is 303 g/mol. The minimum Gasteiger partial charge on any atom is -0.355 e. The van der Waals surface area contributed by atoms with Gasteiger partial charge in [-0.15, -0.1) is 0 Å². The predicted molar refractivity (Wildman–Crippen MR) is 62.0 cm³/mol. The van der Waals surface area contributed by atoms with Crippen LogP contribution in [0.4, 0.5) is 4.39 Å². The van der Waals surface area contributed by atoms with E-state index in [4.69, 9.17) is 0 Å². The zero-order chi connectivity index (χ0) is 10.3. The number of para-hydroxylation sites is 1. The second-order valence-corrected chi connectivity index (χ2v) is 4.13. The van der Waals surface area contributed by atoms with Crippen LogP contribution in [0.25, 0.3) is 10.9 Å². The van der Waals surface area contributed by atoms with Gasteiger partial charge in [-0.05, 0) is 41.6 Å². The molecule has 0 fully saturated rings. The Hall–Kier alpha value is -0.910. The normalized spacial score (nSPS) is 10.8. The number of hydrogen-bond acceptors (Lipinski definition) is 1. The molecule has 0 amide bonds. The van der Waals surface area contributed by atoms with Crippen LogP contribution in [0.2, 0.25) is 0 Å². The summed E-state index contributed by atoms with van der Waals surface area (Å²) in [7, 11) is 0. The van der Waals surface area contributed by atoms with Crippen molar-refractivity contribution < 1.29 is 4.39 Å². The molecule has 72 valence electrons. The Morgan fingerprint density at radius 2 is 2.14 bits per heavy atom. The van der Waals surface area contributed by atoms with Crippen molar-refractivity contribution in [2.45, 2.75) is 6.92 Å². The van der Waals surface area contributed by atoms with Crippen LogP contribution in [0, 0.1) is 16.3 Å². The topological polar surface area (TPSA) is 32.9 Å². The molecule has 0 aliphatic heterocycles. The smallest absolute Gasteiger partial charge is 0.203 e. The Morgan fingerprint density at radius 1 is 1.43 bits per heavy atom. The Morgan fingerprint density at radius 3 is 2.86 bits per heavy atom. The molecule has 0 aliphatic rings. The molecule has 1 heterocycles. The van der Waals surface area contributed by atoms with E-state index in [0.29, 0.717) is 14.7 Å². The van der Waals surface area contributed by atoms with Gasteiger partial charge < -0.3 is 4.98 Å². The van der Waals surface area contributed by atoms with E-state index >= 15 is 0 Å². The van der Waals surface area contributed by atoms with Crippen LogP contribution in [0.3, 0.4) is 0 Å². The van der Waals surface area contributed by atoms with Crippen molar-refractivity contribution in [1.82, 2.24) is 4.98 Å². The fraction of sp³-hybridized carbons (Fsp3) is 0.100. The molecular formula is C10H7FINO. The molecule has 0 unspecified atom stereocenters. The number of aromatic nitrogens is 1. The van der Waals surface area contributed by atoms with Crippen LogP contribution in [0.1, 0.15) is 5.69 Å². The van der Waals surface area contributed by atoms with Crippen molar-refractivity contribution in [2.24, 2.45) is 0 Å². The molecule has 2 aromatic rings. The van der Waals surface area contributed by atoms with Crippen molar-refractivity contribution in [3.8, 4) is 0 Å². The molecule has 14 heavy (non-hydrogen) atoms. The number of rotatable bonds is 0. The molecular weight excluding hydrogens is 296 g/mol. The highest BCUT2D eigenvalue weighted by molar-refractivity contribution is 14.1. The highest BCUT2D eigenvalue weighted by Gasteiger charge is 2.08. The quantitative estimate of drug-likeness (QED) is 0.746. The third-order valence-corrected chi connectivity index (χ3v) is 3.40. The van der Waals surface area contributed by atoms with E-state index in [0.717, 1.165) is 0 Å². The lowest BCUT2D eigenvalue weighted by molar-refractivity contribution is 0.636. The van der Waals surface area contributed by atoms with Crippen LogP contribution in [0.5, 0.6) is 0 Å². The molecule has 0 aliphatic carbocycles. The summed E-state index contributed by atoms with van der Waals surface area (Å²) in [6.45, 7) is 1.76. The largest absolute Gasteiger partial charge is 0.355 e. The fourth-order valence-electron chi connectivity index (χ4n) is 1.37. The molecule has 0 spiro atoms. The predicted octanol–water partition coefficient (Wildman–Crippen LogP) is 2.58. The van der Waals surface area contributed by atoms with Crippen LogP contribution < -0.4 is 5.43 Å². The van der Waals surface area contributed by atoms with Crippen molar-refractivity contribution in [3.63, 3.8) is 0 Å². The van der Waals surface area contributed by atoms with Gasteiger partial charge in [0.2, 0.25) is 5.43 Å². The van der Waals surface area contributed by atoms with Crippen LogP contribution >= 0.6 is 22.6 Å². The highest BCUT2D eigenvalue weighted by atomic mass is 127. The van der Waals surface area contributed by atoms with Crippen molar-refractivity contribution in [2.75, 3.05) is 0 Å². The van der Waals surface area contributed by atoms with Gasteiger partial charge in [0.25, 0.3) is 0 Å². The minimum absolute atomic E-state index is 0.114.